The molecule has 14 nitrogen and oxygen atoms in total. The Morgan fingerprint density at radius 3 is 1.84 bits per heavy atom. The molecule has 3 fully saturated rings. The molecular formula is C41H50N8O6S2. The number of thioether (sulfide) groups is 2. The molecule has 0 aliphatic carbocycles. The minimum atomic E-state index is -0.688. The number of nitrogens with one attached hydrogen (secondary N) is 4. The van der Waals surface area contributed by atoms with Crippen molar-refractivity contribution < 1.29 is 28.7 Å². The molecule has 4 aromatic rings. The first-order valence-corrected chi connectivity index (χ1v) is 21.4. The average Bonchev–Trinajstić information content (AvgIpc) is 4.09. The molecule has 4 atom stereocenters. The molecule has 3 aliphatic rings. The van der Waals surface area contributed by atoms with Crippen molar-refractivity contribution in [2.75, 3.05) is 38.8 Å². The number of benzene rings is 2. The van der Waals surface area contributed by atoms with Crippen molar-refractivity contribution in [2.45, 2.75) is 74.7 Å². The van der Waals surface area contributed by atoms with Gasteiger partial charge in [0, 0.05) is 31.0 Å². The smallest absolute Gasteiger partial charge is 0.407 e. The number of ether oxygens (including phenoxy) is 2. The number of rotatable bonds is 11. The zero-order valence-corrected chi connectivity index (χ0v) is 34.5. The zero-order chi connectivity index (χ0) is 40.3. The number of nitrogens with zero attached hydrogens (tertiary/aromatic N) is 4. The summed E-state index contributed by atoms with van der Waals surface area (Å²) in [5.41, 5.74) is 5.80. The Hall–Kier alpha value is -4.96. The molecule has 0 saturated carbocycles. The molecule has 5 heterocycles. The summed E-state index contributed by atoms with van der Waals surface area (Å²) >= 11 is 3.81. The number of alkyl carbamates (subject to hydrolysis) is 2. The summed E-state index contributed by atoms with van der Waals surface area (Å²) in [6, 6.07) is 14.8. The largest absolute Gasteiger partial charge is 0.453 e. The van der Waals surface area contributed by atoms with E-state index in [-0.39, 0.29) is 33.9 Å². The van der Waals surface area contributed by atoms with E-state index in [4.69, 9.17) is 14.5 Å². The Balaban J connectivity index is 1.02. The number of methoxy groups -OCH3 is 2. The standard InChI is InChI=1S/C41H50N8O6S2/c1-6-29(46-39(52)54-4)37(50)49-23-41(56-18-19-57-41)20-33(49)36-43-22-31(45-36)28-15-11-26(12-16-28)25-9-13-27(14-10-25)30-21-42-35(44-30)32-8-7-17-48(32)38(51)34(24(2)3)47-40(53)55-5/h9-16,21-22,24,29,32-34H,6-8,17-20,23H2,1-5H3,(H,42,44)(H,43,45)(H,46,52)(H,47,53). The second-order valence-electron chi connectivity index (χ2n) is 15.0. The highest BCUT2D eigenvalue weighted by atomic mass is 32.2. The van der Waals surface area contributed by atoms with Crippen LogP contribution in [0.3, 0.4) is 0 Å². The summed E-state index contributed by atoms with van der Waals surface area (Å²) in [5, 5.41) is 5.40. The number of likely N-dealkylation sites (tertiary alicyclic amines) is 2. The molecule has 2 aromatic heterocycles. The van der Waals surface area contributed by atoms with Gasteiger partial charge in [-0.1, -0.05) is 69.3 Å². The molecule has 57 heavy (non-hydrogen) atoms. The molecule has 4 N–H and O–H groups in total. The quantitative estimate of drug-likeness (QED) is 0.127. The van der Waals surface area contributed by atoms with Crippen LogP contribution in [0, 0.1) is 5.92 Å². The van der Waals surface area contributed by atoms with Crippen LogP contribution >= 0.6 is 23.5 Å². The topological polar surface area (TPSA) is 175 Å². The lowest BCUT2D eigenvalue weighted by Crippen LogP contribution is -2.51. The molecule has 4 unspecified atom stereocenters. The Kier molecular flexibility index (Phi) is 12.2. The maximum absolute atomic E-state index is 13.8. The summed E-state index contributed by atoms with van der Waals surface area (Å²) in [7, 11) is 2.59. The Morgan fingerprint density at radius 2 is 1.32 bits per heavy atom. The summed E-state index contributed by atoms with van der Waals surface area (Å²) in [4.78, 5) is 71.5. The second-order valence-corrected chi connectivity index (χ2v) is 18.2. The van der Waals surface area contributed by atoms with Crippen LogP contribution in [-0.2, 0) is 19.1 Å². The molecule has 3 aliphatic heterocycles. The van der Waals surface area contributed by atoms with E-state index in [1.54, 1.807) is 6.20 Å². The molecule has 7 rings (SSSR count). The van der Waals surface area contributed by atoms with Gasteiger partial charge < -0.3 is 39.9 Å². The van der Waals surface area contributed by atoms with Crippen LogP contribution < -0.4 is 10.6 Å². The van der Waals surface area contributed by atoms with E-state index in [0.29, 0.717) is 19.5 Å². The van der Waals surface area contributed by atoms with Crippen molar-refractivity contribution >= 4 is 47.5 Å². The highest BCUT2D eigenvalue weighted by Crippen LogP contribution is 2.55. The van der Waals surface area contributed by atoms with Gasteiger partial charge in [0.25, 0.3) is 0 Å². The second kappa shape index (κ2) is 17.3. The van der Waals surface area contributed by atoms with Gasteiger partial charge in [-0.05, 0) is 47.4 Å². The van der Waals surface area contributed by atoms with Gasteiger partial charge in [-0.15, -0.1) is 23.5 Å². The summed E-state index contributed by atoms with van der Waals surface area (Å²) in [5.74, 6) is 3.17. The Morgan fingerprint density at radius 1 is 0.789 bits per heavy atom. The molecule has 0 bridgehead atoms. The van der Waals surface area contributed by atoms with Gasteiger partial charge in [-0.3, -0.25) is 9.59 Å². The molecule has 302 valence electrons. The zero-order valence-electron chi connectivity index (χ0n) is 32.9. The highest BCUT2D eigenvalue weighted by Gasteiger charge is 2.51. The van der Waals surface area contributed by atoms with E-state index in [2.05, 4.69) is 74.1 Å². The number of hydrogen-bond donors (Lipinski definition) is 4. The van der Waals surface area contributed by atoms with Crippen LogP contribution in [0.5, 0.6) is 0 Å². The molecule has 0 radical (unpaired) electrons. The predicted molar refractivity (Wildman–Crippen MR) is 221 cm³/mol. The summed E-state index contributed by atoms with van der Waals surface area (Å²) < 4.78 is 9.46. The molecule has 16 heteroatoms. The number of carbonyl (C=O) groups excluding carboxylic acids is 4. The molecule has 3 saturated heterocycles. The van der Waals surface area contributed by atoms with Crippen molar-refractivity contribution in [1.82, 2.24) is 40.4 Å². The van der Waals surface area contributed by atoms with Crippen LogP contribution in [0.15, 0.2) is 60.9 Å². The molecular weight excluding hydrogens is 765 g/mol. The van der Waals surface area contributed by atoms with Gasteiger partial charge in [0.15, 0.2) is 0 Å². The van der Waals surface area contributed by atoms with Crippen LogP contribution in [0.2, 0.25) is 0 Å². The van der Waals surface area contributed by atoms with Gasteiger partial charge in [-0.2, -0.15) is 0 Å². The van der Waals surface area contributed by atoms with Gasteiger partial charge >= 0.3 is 12.2 Å². The van der Waals surface area contributed by atoms with Gasteiger partial charge in [-0.25, -0.2) is 19.6 Å². The van der Waals surface area contributed by atoms with Crippen LogP contribution in [0.1, 0.15) is 70.2 Å². The van der Waals surface area contributed by atoms with Gasteiger partial charge in [0.1, 0.15) is 23.7 Å². The first-order chi connectivity index (χ1) is 27.5. The fourth-order valence-corrected chi connectivity index (χ4v) is 11.2. The normalized spacial score (nSPS) is 19.8. The Labute approximate surface area is 341 Å². The fraction of sp³-hybridized carbons (Fsp3) is 0.463. The maximum atomic E-state index is 13.8. The van der Waals surface area contributed by atoms with E-state index < -0.39 is 24.3 Å². The first-order valence-electron chi connectivity index (χ1n) is 19.4. The minimum absolute atomic E-state index is 0.0890. The van der Waals surface area contributed by atoms with Gasteiger partial charge in [0.05, 0.1) is 54.2 Å². The molecule has 4 amide bonds. The number of amides is 4. The minimum Gasteiger partial charge on any atom is -0.453 e. The van der Waals surface area contributed by atoms with E-state index in [1.165, 1.54) is 14.2 Å². The number of carbonyl (C=O) groups is 4. The summed E-state index contributed by atoms with van der Waals surface area (Å²) in [6.45, 7) is 6.87. The highest BCUT2D eigenvalue weighted by molar-refractivity contribution is 8.21. The van der Waals surface area contributed by atoms with Crippen LogP contribution in [-0.4, -0.2) is 109 Å². The van der Waals surface area contributed by atoms with Crippen molar-refractivity contribution in [3.8, 4) is 33.6 Å². The predicted octanol–water partition coefficient (Wildman–Crippen LogP) is 6.76. The van der Waals surface area contributed by atoms with Crippen molar-refractivity contribution in [3.63, 3.8) is 0 Å². The SMILES string of the molecule is CCC(NC(=O)OC)C(=O)N1CC2(CC1c1ncc(-c3ccc(-c4ccc(-c5cnc(C6CCCN6C(=O)C(NC(=O)OC)C(C)C)[nH]5)cc4)cc3)[nH]1)SCCS2. The lowest BCUT2D eigenvalue weighted by atomic mass is 10.0. The summed E-state index contributed by atoms with van der Waals surface area (Å²) in [6.07, 6.45) is 5.25. The lowest BCUT2D eigenvalue weighted by molar-refractivity contribution is -0.135. The van der Waals surface area contributed by atoms with Gasteiger partial charge in [0.2, 0.25) is 11.8 Å². The number of H-pyrrole nitrogens is 2. The monoisotopic (exact) mass is 814 g/mol. The number of aromatic nitrogens is 4. The third-order valence-corrected chi connectivity index (χ3v) is 14.5. The molecule has 2 aromatic carbocycles. The average molecular weight is 815 g/mol. The van der Waals surface area contributed by atoms with E-state index >= 15 is 0 Å². The van der Waals surface area contributed by atoms with Crippen molar-refractivity contribution in [3.05, 3.63) is 72.6 Å². The number of imidazole rings is 2. The first kappa shape index (κ1) is 40.2. The van der Waals surface area contributed by atoms with Crippen molar-refractivity contribution in [1.29, 1.82) is 0 Å². The third-order valence-electron chi connectivity index (χ3n) is 11.0. The third kappa shape index (κ3) is 8.52. The van der Waals surface area contributed by atoms with Crippen molar-refractivity contribution in [2.24, 2.45) is 5.92 Å². The molecule has 1 spiro atoms. The number of hydrogen-bond acceptors (Lipinski definition) is 10. The van der Waals surface area contributed by atoms with Crippen LogP contribution in [0.25, 0.3) is 33.6 Å². The Bertz CT molecular complexity index is 2060. The van der Waals surface area contributed by atoms with E-state index in [0.717, 1.165) is 76.1 Å². The fourth-order valence-electron chi connectivity index (χ4n) is 7.94. The van der Waals surface area contributed by atoms with Crippen LogP contribution in [0.4, 0.5) is 9.59 Å². The van der Waals surface area contributed by atoms with E-state index in [9.17, 15) is 19.2 Å². The maximum Gasteiger partial charge on any atom is 0.407 e. The lowest BCUT2D eigenvalue weighted by Gasteiger charge is -2.30. The van der Waals surface area contributed by atoms with E-state index in [1.807, 2.05) is 60.3 Å². The number of aromatic amines is 2.